The number of nitrogens with zero attached hydrogens (tertiary/aromatic N) is 2. The van der Waals surface area contributed by atoms with Gasteiger partial charge in [-0.05, 0) is 68.3 Å². The van der Waals surface area contributed by atoms with E-state index < -0.39 is 12.0 Å². The van der Waals surface area contributed by atoms with E-state index >= 15 is 0 Å². The molecule has 1 aliphatic rings. The summed E-state index contributed by atoms with van der Waals surface area (Å²) >= 11 is 4.85. The van der Waals surface area contributed by atoms with Crippen LogP contribution in [0.3, 0.4) is 0 Å². The Kier molecular flexibility index (Phi) is 9.65. The molecule has 0 N–H and O–H groups in total. The van der Waals surface area contributed by atoms with Gasteiger partial charge in [0.05, 0.1) is 42.2 Å². The molecule has 3 aromatic carbocycles. The fourth-order valence-electron chi connectivity index (χ4n) is 4.89. The molecule has 11 heteroatoms. The van der Waals surface area contributed by atoms with Crippen molar-refractivity contribution >= 4 is 39.3 Å². The molecular weight excluding hydrogens is 651 g/mol. The van der Waals surface area contributed by atoms with Crippen LogP contribution < -0.4 is 29.1 Å². The fourth-order valence-corrected chi connectivity index (χ4v) is 6.46. The molecule has 0 aliphatic carbocycles. The van der Waals surface area contributed by atoms with Crippen LogP contribution in [-0.2, 0) is 16.1 Å². The van der Waals surface area contributed by atoms with E-state index in [1.54, 1.807) is 44.2 Å². The topological polar surface area (TPSA) is 88.4 Å². The van der Waals surface area contributed by atoms with Gasteiger partial charge in [-0.3, -0.25) is 9.36 Å². The zero-order valence-electron chi connectivity index (χ0n) is 24.6. The minimum absolute atomic E-state index is 0.162. The van der Waals surface area contributed by atoms with Gasteiger partial charge in [-0.1, -0.05) is 57.6 Å². The van der Waals surface area contributed by atoms with Gasteiger partial charge in [0, 0.05) is 10.0 Å². The molecule has 0 fully saturated rings. The summed E-state index contributed by atoms with van der Waals surface area (Å²) < 4.78 is 38.7. The van der Waals surface area contributed by atoms with Crippen molar-refractivity contribution in [2.45, 2.75) is 33.4 Å². The van der Waals surface area contributed by atoms with Crippen molar-refractivity contribution in [3.05, 3.63) is 119 Å². The molecular formula is C33H30BrFN2O6S. The Bertz CT molecular complexity index is 1920. The Morgan fingerprint density at radius 2 is 1.80 bits per heavy atom. The van der Waals surface area contributed by atoms with Gasteiger partial charge in [0.25, 0.3) is 5.56 Å². The predicted molar refractivity (Wildman–Crippen MR) is 169 cm³/mol. The van der Waals surface area contributed by atoms with Crippen molar-refractivity contribution in [1.29, 1.82) is 0 Å². The fraction of sp³-hybridized carbons (Fsp3) is 0.242. The highest BCUT2D eigenvalue weighted by atomic mass is 79.9. The number of thiazole rings is 1. The first kappa shape index (κ1) is 31.2. The lowest BCUT2D eigenvalue weighted by Gasteiger charge is -2.26. The number of carbonyl (C=O) groups excluding carboxylic acids is 1. The number of methoxy groups -OCH3 is 1. The highest BCUT2D eigenvalue weighted by Gasteiger charge is 2.35. The number of fused-ring (bicyclic) bond motifs is 1. The van der Waals surface area contributed by atoms with Crippen LogP contribution in [0.15, 0.2) is 86.2 Å². The molecule has 44 heavy (non-hydrogen) atoms. The molecule has 1 aliphatic heterocycles. The van der Waals surface area contributed by atoms with Crippen LogP contribution in [0.5, 0.6) is 17.2 Å². The van der Waals surface area contributed by atoms with E-state index in [1.165, 1.54) is 35.1 Å². The Morgan fingerprint density at radius 3 is 2.50 bits per heavy atom. The van der Waals surface area contributed by atoms with Gasteiger partial charge in [-0.2, -0.15) is 0 Å². The maximum atomic E-state index is 14.2. The van der Waals surface area contributed by atoms with Gasteiger partial charge in [-0.25, -0.2) is 14.2 Å². The lowest BCUT2D eigenvalue weighted by molar-refractivity contribution is -0.139. The van der Waals surface area contributed by atoms with E-state index in [0.29, 0.717) is 54.5 Å². The minimum atomic E-state index is -0.851. The molecule has 0 unspecified atom stereocenters. The molecule has 1 atom stereocenters. The molecule has 2 heterocycles. The normalized spacial score (nSPS) is 14.6. The number of carbonyl (C=O) groups is 1. The standard InChI is InChI=1S/C33H30BrFN2O6S/c1-5-41-27-17-24(34)23(16-26(27)40-4)30-29(32(39)42-6-2)19(3)36-33-37(30)31(38)28(44-33)15-21-9-7-8-10-25(21)43-18-20-11-13-22(35)14-12-20/h7-17,30H,5-6,18H2,1-4H3/b28-15+/t30-/m1/s1. The number of allylic oxidation sites excluding steroid dienone is 1. The van der Waals surface area contributed by atoms with Crippen molar-refractivity contribution in [2.75, 3.05) is 20.3 Å². The van der Waals surface area contributed by atoms with Crippen molar-refractivity contribution in [3.63, 3.8) is 0 Å². The van der Waals surface area contributed by atoms with Gasteiger partial charge in [-0.15, -0.1) is 0 Å². The van der Waals surface area contributed by atoms with Crippen LogP contribution in [0.4, 0.5) is 4.39 Å². The third-order valence-electron chi connectivity index (χ3n) is 6.91. The largest absolute Gasteiger partial charge is 0.493 e. The Balaban J connectivity index is 1.64. The lowest BCUT2D eigenvalue weighted by atomic mass is 9.95. The highest BCUT2D eigenvalue weighted by Crippen LogP contribution is 2.41. The smallest absolute Gasteiger partial charge is 0.338 e. The summed E-state index contributed by atoms with van der Waals surface area (Å²) in [4.78, 5) is 32.6. The average molecular weight is 682 g/mol. The summed E-state index contributed by atoms with van der Waals surface area (Å²) in [5.41, 5.74) is 2.46. The molecule has 0 bridgehead atoms. The average Bonchev–Trinajstić information content (AvgIpc) is 3.31. The van der Waals surface area contributed by atoms with E-state index in [9.17, 15) is 14.0 Å². The first-order chi connectivity index (χ1) is 21.2. The second-order valence-electron chi connectivity index (χ2n) is 9.71. The Morgan fingerprint density at radius 1 is 1.05 bits per heavy atom. The van der Waals surface area contributed by atoms with Gasteiger partial charge >= 0.3 is 5.97 Å². The van der Waals surface area contributed by atoms with Gasteiger partial charge in [0.15, 0.2) is 16.3 Å². The minimum Gasteiger partial charge on any atom is -0.493 e. The van der Waals surface area contributed by atoms with Crippen LogP contribution >= 0.6 is 27.3 Å². The summed E-state index contributed by atoms with van der Waals surface area (Å²) in [6.45, 7) is 6.14. The zero-order valence-corrected chi connectivity index (χ0v) is 27.0. The maximum Gasteiger partial charge on any atom is 0.338 e. The van der Waals surface area contributed by atoms with E-state index in [0.717, 1.165) is 5.56 Å². The van der Waals surface area contributed by atoms with E-state index in [1.807, 2.05) is 31.2 Å². The molecule has 0 amide bonds. The van der Waals surface area contributed by atoms with Gasteiger partial charge in [0.2, 0.25) is 0 Å². The van der Waals surface area contributed by atoms with E-state index in [-0.39, 0.29) is 30.2 Å². The molecule has 4 aromatic rings. The Labute approximate surface area is 265 Å². The molecule has 0 radical (unpaired) electrons. The number of benzene rings is 3. The lowest BCUT2D eigenvalue weighted by Crippen LogP contribution is -2.40. The van der Waals surface area contributed by atoms with Crippen molar-refractivity contribution in [1.82, 2.24) is 4.57 Å². The third-order valence-corrected chi connectivity index (χ3v) is 8.58. The monoisotopic (exact) mass is 680 g/mol. The molecule has 8 nitrogen and oxygen atoms in total. The number of esters is 1. The van der Waals surface area contributed by atoms with Crippen molar-refractivity contribution in [2.24, 2.45) is 4.99 Å². The van der Waals surface area contributed by atoms with E-state index in [2.05, 4.69) is 20.9 Å². The van der Waals surface area contributed by atoms with Crippen LogP contribution in [0.1, 0.15) is 43.5 Å². The van der Waals surface area contributed by atoms with Crippen LogP contribution in [-0.4, -0.2) is 30.9 Å². The summed E-state index contributed by atoms with van der Waals surface area (Å²) in [5.74, 6) is 0.653. The molecule has 5 rings (SSSR count). The number of rotatable bonds is 10. The quantitative estimate of drug-likeness (QED) is 0.200. The molecule has 1 aromatic heterocycles. The van der Waals surface area contributed by atoms with Crippen molar-refractivity contribution in [3.8, 4) is 17.2 Å². The van der Waals surface area contributed by atoms with Crippen LogP contribution in [0.25, 0.3) is 6.08 Å². The first-order valence-electron chi connectivity index (χ1n) is 13.9. The van der Waals surface area contributed by atoms with Crippen LogP contribution in [0.2, 0.25) is 0 Å². The number of hydrogen-bond donors (Lipinski definition) is 0. The second-order valence-corrected chi connectivity index (χ2v) is 11.6. The number of halogens is 2. The summed E-state index contributed by atoms with van der Waals surface area (Å²) in [6, 6.07) is 16.1. The Hall–Kier alpha value is -4.22. The SMILES string of the molecule is CCOC(=O)C1=C(C)N=c2s/c(=C/c3ccccc3OCc3ccc(F)cc3)c(=O)n2[C@@H]1c1cc(OC)c(OCC)cc1Br. The zero-order chi connectivity index (χ0) is 31.4. The maximum absolute atomic E-state index is 14.2. The summed E-state index contributed by atoms with van der Waals surface area (Å²) in [7, 11) is 1.53. The second kappa shape index (κ2) is 13.6. The molecule has 0 saturated carbocycles. The van der Waals surface area contributed by atoms with Crippen LogP contribution in [0, 0.1) is 5.82 Å². The first-order valence-corrected chi connectivity index (χ1v) is 15.5. The number of ether oxygens (including phenoxy) is 4. The summed E-state index contributed by atoms with van der Waals surface area (Å²) in [5, 5.41) is 0. The number of hydrogen-bond acceptors (Lipinski definition) is 8. The van der Waals surface area contributed by atoms with Gasteiger partial charge in [0.1, 0.15) is 18.2 Å². The highest BCUT2D eigenvalue weighted by molar-refractivity contribution is 9.10. The molecule has 228 valence electrons. The predicted octanol–water partition coefficient (Wildman–Crippen LogP) is 5.69. The number of aromatic nitrogens is 1. The van der Waals surface area contributed by atoms with Crippen molar-refractivity contribution < 1.29 is 28.1 Å². The number of para-hydroxylation sites is 1. The molecule has 0 saturated heterocycles. The van der Waals surface area contributed by atoms with E-state index in [4.69, 9.17) is 18.9 Å². The third kappa shape index (κ3) is 6.34. The van der Waals surface area contributed by atoms with Gasteiger partial charge < -0.3 is 18.9 Å². The summed E-state index contributed by atoms with van der Waals surface area (Å²) in [6.07, 6.45) is 1.75. The molecule has 0 spiro atoms.